The van der Waals surface area contributed by atoms with Gasteiger partial charge in [-0.25, -0.2) is 4.39 Å². The quantitative estimate of drug-likeness (QED) is 0.765. The van der Waals surface area contributed by atoms with Gasteiger partial charge in [0, 0.05) is 11.6 Å². The van der Waals surface area contributed by atoms with Crippen LogP contribution in [0.15, 0.2) is 22.7 Å². The first-order chi connectivity index (χ1) is 9.97. The van der Waals surface area contributed by atoms with Crippen molar-refractivity contribution >= 4 is 21.8 Å². The molecule has 0 aromatic heterocycles. The van der Waals surface area contributed by atoms with Crippen molar-refractivity contribution < 1.29 is 9.18 Å². The molecule has 0 radical (unpaired) electrons. The largest absolute Gasteiger partial charge is 0.350 e. The maximum Gasteiger partial charge on any atom is 0.251 e. The Morgan fingerprint density at radius 2 is 2.05 bits per heavy atom. The van der Waals surface area contributed by atoms with Crippen molar-refractivity contribution in [2.24, 2.45) is 0 Å². The molecule has 1 rings (SSSR count). The van der Waals surface area contributed by atoms with Gasteiger partial charge in [0.1, 0.15) is 5.82 Å². The van der Waals surface area contributed by atoms with Crippen molar-refractivity contribution in [2.75, 3.05) is 19.6 Å². The lowest BCUT2D eigenvalue weighted by atomic mass is 10.1. The summed E-state index contributed by atoms with van der Waals surface area (Å²) in [4.78, 5) is 14.4. The molecular formula is C16H24BrFN2O. The van der Waals surface area contributed by atoms with Crippen molar-refractivity contribution in [3.8, 4) is 0 Å². The van der Waals surface area contributed by atoms with Crippen molar-refractivity contribution in [3.05, 3.63) is 34.1 Å². The van der Waals surface area contributed by atoms with Crippen molar-refractivity contribution in [2.45, 2.75) is 39.7 Å². The van der Waals surface area contributed by atoms with E-state index in [0.717, 1.165) is 32.5 Å². The van der Waals surface area contributed by atoms with Crippen LogP contribution >= 0.6 is 15.9 Å². The molecule has 0 saturated heterocycles. The highest BCUT2D eigenvalue weighted by molar-refractivity contribution is 9.10. The third-order valence-corrected chi connectivity index (χ3v) is 4.21. The van der Waals surface area contributed by atoms with Crippen LogP contribution in [0.2, 0.25) is 0 Å². The molecule has 0 saturated carbocycles. The Morgan fingerprint density at radius 1 is 1.38 bits per heavy atom. The standard InChI is InChI=1S/C16H24BrFN2O/c1-4-20(5-2)10-6-7-12(3)19-16(21)13-8-9-14(17)15(18)11-13/h8-9,11-12H,4-7,10H2,1-3H3,(H,19,21). The minimum Gasteiger partial charge on any atom is -0.350 e. The molecule has 0 aliphatic rings. The Morgan fingerprint density at radius 3 is 2.62 bits per heavy atom. The molecule has 0 spiro atoms. The topological polar surface area (TPSA) is 32.3 Å². The fourth-order valence-electron chi connectivity index (χ4n) is 2.18. The molecular weight excluding hydrogens is 335 g/mol. The summed E-state index contributed by atoms with van der Waals surface area (Å²) in [5.74, 6) is -0.645. The Hall–Kier alpha value is -0.940. The van der Waals surface area contributed by atoms with E-state index in [4.69, 9.17) is 0 Å². The van der Waals surface area contributed by atoms with Gasteiger partial charge < -0.3 is 10.2 Å². The number of amides is 1. The highest BCUT2D eigenvalue weighted by Crippen LogP contribution is 2.16. The lowest BCUT2D eigenvalue weighted by Crippen LogP contribution is -2.33. The highest BCUT2D eigenvalue weighted by Gasteiger charge is 2.12. The lowest BCUT2D eigenvalue weighted by Gasteiger charge is -2.19. The second kappa shape index (κ2) is 9.15. The molecule has 0 heterocycles. The van der Waals surface area contributed by atoms with E-state index >= 15 is 0 Å². The molecule has 1 aromatic rings. The number of halogens is 2. The Balaban J connectivity index is 2.41. The molecule has 0 aliphatic heterocycles. The van der Waals surface area contributed by atoms with Gasteiger partial charge in [0.25, 0.3) is 5.91 Å². The van der Waals surface area contributed by atoms with Gasteiger partial charge in [-0.2, -0.15) is 0 Å². The first kappa shape index (κ1) is 18.1. The second-order valence-electron chi connectivity index (χ2n) is 5.17. The Bertz CT molecular complexity index is 464. The number of rotatable bonds is 8. The zero-order valence-electron chi connectivity index (χ0n) is 13.0. The molecule has 0 bridgehead atoms. The Labute approximate surface area is 135 Å². The summed E-state index contributed by atoms with van der Waals surface area (Å²) >= 11 is 3.08. The second-order valence-corrected chi connectivity index (χ2v) is 6.03. The molecule has 1 amide bonds. The van der Waals surface area contributed by atoms with E-state index < -0.39 is 5.82 Å². The van der Waals surface area contributed by atoms with Crippen LogP contribution in [0.25, 0.3) is 0 Å². The normalized spacial score (nSPS) is 12.5. The number of hydrogen-bond acceptors (Lipinski definition) is 2. The minimum absolute atomic E-state index is 0.0831. The number of nitrogens with one attached hydrogen (secondary N) is 1. The van der Waals surface area contributed by atoms with Crippen LogP contribution in [0.3, 0.4) is 0 Å². The summed E-state index contributed by atoms with van der Waals surface area (Å²) in [5.41, 5.74) is 0.353. The van der Waals surface area contributed by atoms with Crippen LogP contribution in [0, 0.1) is 5.82 Å². The van der Waals surface area contributed by atoms with Gasteiger partial charge >= 0.3 is 0 Å². The highest BCUT2D eigenvalue weighted by atomic mass is 79.9. The van der Waals surface area contributed by atoms with E-state index in [1.807, 2.05) is 6.92 Å². The average Bonchev–Trinajstić information content (AvgIpc) is 2.46. The van der Waals surface area contributed by atoms with Crippen molar-refractivity contribution in [1.82, 2.24) is 10.2 Å². The number of carbonyl (C=O) groups excluding carboxylic acids is 1. The first-order valence-electron chi connectivity index (χ1n) is 7.46. The summed E-state index contributed by atoms with van der Waals surface area (Å²) in [6.07, 6.45) is 1.96. The smallest absolute Gasteiger partial charge is 0.251 e. The van der Waals surface area contributed by atoms with E-state index in [1.165, 1.54) is 6.07 Å². The molecule has 21 heavy (non-hydrogen) atoms. The molecule has 3 nitrogen and oxygen atoms in total. The van der Waals surface area contributed by atoms with Crippen molar-refractivity contribution in [3.63, 3.8) is 0 Å². The summed E-state index contributed by atoms with van der Waals surface area (Å²) in [7, 11) is 0. The number of benzene rings is 1. The fourth-order valence-corrected chi connectivity index (χ4v) is 2.42. The van der Waals surface area contributed by atoms with Gasteiger partial charge in [-0.3, -0.25) is 4.79 Å². The molecule has 1 unspecified atom stereocenters. The van der Waals surface area contributed by atoms with Crippen LogP contribution in [0.1, 0.15) is 44.0 Å². The van der Waals surface area contributed by atoms with Gasteiger partial charge in [0.2, 0.25) is 0 Å². The monoisotopic (exact) mass is 358 g/mol. The van der Waals surface area contributed by atoms with Gasteiger partial charge in [-0.1, -0.05) is 13.8 Å². The predicted octanol–water partition coefficient (Wildman–Crippen LogP) is 3.83. The maximum absolute atomic E-state index is 13.4. The fraction of sp³-hybridized carbons (Fsp3) is 0.562. The number of nitrogens with zero attached hydrogens (tertiary/aromatic N) is 1. The summed E-state index contributed by atoms with van der Waals surface area (Å²) in [6.45, 7) is 9.42. The first-order valence-corrected chi connectivity index (χ1v) is 8.25. The molecule has 1 N–H and O–H groups in total. The maximum atomic E-state index is 13.4. The molecule has 1 aromatic carbocycles. The van der Waals surface area contributed by atoms with Crippen LogP contribution in [0.5, 0.6) is 0 Å². The average molecular weight is 359 g/mol. The molecule has 1 atom stereocenters. The Kier molecular flexibility index (Phi) is 7.89. The zero-order valence-corrected chi connectivity index (χ0v) is 14.5. The third kappa shape index (κ3) is 6.14. The number of carbonyl (C=O) groups is 1. The predicted molar refractivity (Wildman–Crippen MR) is 88.1 cm³/mol. The third-order valence-electron chi connectivity index (χ3n) is 3.57. The summed E-state index contributed by atoms with van der Waals surface area (Å²) in [6, 6.07) is 4.50. The van der Waals surface area contributed by atoms with Gasteiger partial charge in [0.15, 0.2) is 0 Å². The SMILES string of the molecule is CCN(CC)CCCC(C)NC(=O)c1ccc(Br)c(F)c1. The zero-order chi connectivity index (χ0) is 15.8. The molecule has 5 heteroatoms. The van der Waals surface area contributed by atoms with Gasteiger partial charge in [-0.15, -0.1) is 0 Å². The van der Waals surface area contributed by atoms with E-state index in [1.54, 1.807) is 12.1 Å². The van der Waals surface area contributed by atoms with Crippen molar-refractivity contribution in [1.29, 1.82) is 0 Å². The molecule has 0 aliphatic carbocycles. The van der Waals surface area contributed by atoms with Gasteiger partial charge in [0.05, 0.1) is 4.47 Å². The van der Waals surface area contributed by atoms with E-state index in [2.05, 4.69) is 40.0 Å². The summed E-state index contributed by atoms with van der Waals surface area (Å²) in [5, 5.41) is 2.91. The minimum atomic E-state index is -0.420. The van der Waals surface area contributed by atoms with E-state index in [0.29, 0.717) is 10.0 Å². The van der Waals surface area contributed by atoms with Crippen LogP contribution in [0.4, 0.5) is 4.39 Å². The van der Waals surface area contributed by atoms with E-state index in [-0.39, 0.29) is 11.9 Å². The van der Waals surface area contributed by atoms with Crippen LogP contribution < -0.4 is 5.32 Å². The van der Waals surface area contributed by atoms with Crippen LogP contribution in [-0.4, -0.2) is 36.5 Å². The number of hydrogen-bond donors (Lipinski definition) is 1. The van der Waals surface area contributed by atoms with Gasteiger partial charge in [-0.05, 0) is 73.5 Å². The summed E-state index contributed by atoms with van der Waals surface area (Å²) < 4.78 is 13.8. The molecule has 0 fully saturated rings. The van der Waals surface area contributed by atoms with Crippen LogP contribution in [-0.2, 0) is 0 Å². The van der Waals surface area contributed by atoms with E-state index in [9.17, 15) is 9.18 Å². The molecule has 118 valence electrons. The lowest BCUT2D eigenvalue weighted by molar-refractivity contribution is 0.0936.